The molecule has 2 heterocycles. The van der Waals surface area contributed by atoms with Crippen molar-refractivity contribution in [3.05, 3.63) is 16.1 Å². The maximum Gasteiger partial charge on any atom is 0.0797 e. The molecule has 0 amide bonds. The van der Waals surface area contributed by atoms with Crippen LogP contribution in [0, 0.1) is 6.92 Å². The van der Waals surface area contributed by atoms with E-state index < -0.39 is 0 Å². The summed E-state index contributed by atoms with van der Waals surface area (Å²) in [5, 5.41) is 3.61. The molecule has 0 radical (unpaired) electrons. The van der Waals surface area contributed by atoms with Crippen molar-refractivity contribution >= 4 is 11.3 Å². The summed E-state index contributed by atoms with van der Waals surface area (Å²) in [5.74, 6) is 0. The summed E-state index contributed by atoms with van der Waals surface area (Å²) in [4.78, 5) is 8.27. The van der Waals surface area contributed by atoms with Crippen molar-refractivity contribution in [1.29, 1.82) is 0 Å². The Morgan fingerprint density at radius 3 is 2.88 bits per heavy atom. The Labute approximate surface area is 108 Å². The number of aromatic nitrogens is 1. The van der Waals surface area contributed by atoms with E-state index in [4.69, 9.17) is 0 Å². The van der Waals surface area contributed by atoms with E-state index in [1.165, 1.54) is 43.0 Å². The highest BCUT2D eigenvalue weighted by Gasteiger charge is 2.14. The molecule has 1 atom stereocenters. The molecular formula is C13H23N3S. The van der Waals surface area contributed by atoms with Crippen LogP contribution < -0.4 is 5.32 Å². The Kier molecular flexibility index (Phi) is 4.95. The van der Waals surface area contributed by atoms with Crippen LogP contribution in [-0.2, 0) is 6.42 Å². The summed E-state index contributed by atoms with van der Waals surface area (Å²) in [5.41, 5.74) is 3.14. The lowest BCUT2D eigenvalue weighted by atomic mass is 10.2. The first kappa shape index (κ1) is 13.0. The second-order valence-corrected chi connectivity index (χ2v) is 5.91. The lowest BCUT2D eigenvalue weighted by molar-refractivity contribution is 0.299. The van der Waals surface area contributed by atoms with E-state index in [-0.39, 0.29) is 0 Å². The fourth-order valence-corrected chi connectivity index (χ4v) is 3.20. The van der Waals surface area contributed by atoms with E-state index in [0.29, 0.717) is 6.04 Å². The van der Waals surface area contributed by atoms with Crippen molar-refractivity contribution < 1.29 is 0 Å². The van der Waals surface area contributed by atoms with Gasteiger partial charge in [0.05, 0.1) is 11.2 Å². The Morgan fingerprint density at radius 2 is 2.24 bits per heavy atom. The fourth-order valence-electron chi connectivity index (χ4n) is 2.42. The van der Waals surface area contributed by atoms with Crippen LogP contribution in [0.3, 0.4) is 0 Å². The molecule has 0 bridgehead atoms. The first-order valence-electron chi connectivity index (χ1n) is 6.60. The number of nitrogens with zero attached hydrogens (tertiary/aromatic N) is 2. The molecule has 4 heteroatoms. The van der Waals surface area contributed by atoms with Crippen LogP contribution in [-0.4, -0.2) is 42.1 Å². The van der Waals surface area contributed by atoms with E-state index in [0.717, 1.165) is 13.0 Å². The van der Waals surface area contributed by atoms with Crippen LogP contribution in [0.5, 0.6) is 0 Å². The second-order valence-electron chi connectivity index (χ2n) is 4.97. The molecule has 0 aliphatic carbocycles. The molecule has 0 spiro atoms. The maximum absolute atomic E-state index is 4.28. The second kappa shape index (κ2) is 6.47. The van der Waals surface area contributed by atoms with Crippen molar-refractivity contribution in [2.75, 3.05) is 26.2 Å². The molecule has 1 aliphatic heterocycles. The quantitative estimate of drug-likeness (QED) is 0.841. The van der Waals surface area contributed by atoms with Crippen LogP contribution in [0.1, 0.15) is 30.3 Å². The van der Waals surface area contributed by atoms with Crippen LogP contribution in [0.25, 0.3) is 0 Å². The molecule has 1 aromatic heterocycles. The van der Waals surface area contributed by atoms with Gasteiger partial charge in [0.2, 0.25) is 0 Å². The number of hydrogen-bond donors (Lipinski definition) is 1. The van der Waals surface area contributed by atoms with Gasteiger partial charge in [-0.2, -0.15) is 0 Å². The van der Waals surface area contributed by atoms with Crippen LogP contribution in [0.15, 0.2) is 5.51 Å². The zero-order valence-electron chi connectivity index (χ0n) is 10.9. The molecule has 0 saturated carbocycles. The summed E-state index contributed by atoms with van der Waals surface area (Å²) in [7, 11) is 0. The van der Waals surface area contributed by atoms with Gasteiger partial charge >= 0.3 is 0 Å². The number of nitrogens with one attached hydrogen (secondary N) is 1. The Hall–Kier alpha value is -0.450. The molecule has 0 aromatic carbocycles. The summed E-state index contributed by atoms with van der Waals surface area (Å²) >= 11 is 1.77. The number of aryl methyl sites for hydroxylation is 1. The third kappa shape index (κ3) is 4.05. The van der Waals surface area contributed by atoms with Crippen LogP contribution in [0.4, 0.5) is 0 Å². The summed E-state index contributed by atoms with van der Waals surface area (Å²) in [6.07, 6.45) is 3.88. The van der Waals surface area contributed by atoms with Gasteiger partial charge in [0, 0.05) is 24.0 Å². The first-order chi connectivity index (χ1) is 8.25. The van der Waals surface area contributed by atoms with E-state index in [2.05, 4.69) is 29.0 Å². The van der Waals surface area contributed by atoms with Crippen molar-refractivity contribution in [3.63, 3.8) is 0 Å². The lowest BCUT2D eigenvalue weighted by Gasteiger charge is -2.21. The summed E-state index contributed by atoms with van der Waals surface area (Å²) < 4.78 is 0. The average molecular weight is 253 g/mol. The van der Waals surface area contributed by atoms with Crippen LogP contribution in [0.2, 0.25) is 0 Å². The first-order valence-corrected chi connectivity index (χ1v) is 7.48. The lowest BCUT2D eigenvalue weighted by Crippen LogP contribution is -2.38. The number of thiazole rings is 1. The topological polar surface area (TPSA) is 28.2 Å². The minimum absolute atomic E-state index is 0.598. The van der Waals surface area contributed by atoms with E-state index in [1.807, 2.05) is 5.51 Å². The van der Waals surface area contributed by atoms with E-state index in [9.17, 15) is 0 Å². The van der Waals surface area contributed by atoms with Crippen molar-refractivity contribution in [1.82, 2.24) is 15.2 Å². The van der Waals surface area contributed by atoms with Gasteiger partial charge in [-0.15, -0.1) is 11.3 Å². The third-order valence-electron chi connectivity index (χ3n) is 3.42. The predicted molar refractivity (Wildman–Crippen MR) is 73.7 cm³/mol. The minimum atomic E-state index is 0.598. The molecule has 1 unspecified atom stereocenters. The van der Waals surface area contributed by atoms with E-state index >= 15 is 0 Å². The van der Waals surface area contributed by atoms with Gasteiger partial charge in [0.25, 0.3) is 0 Å². The van der Waals surface area contributed by atoms with E-state index in [1.54, 1.807) is 11.3 Å². The highest BCUT2D eigenvalue weighted by molar-refractivity contribution is 7.09. The van der Waals surface area contributed by atoms with Crippen molar-refractivity contribution in [2.24, 2.45) is 0 Å². The molecule has 1 aromatic rings. The SMILES string of the molecule is Cc1ncsc1CCNC(C)CN1CCCC1. The van der Waals surface area contributed by atoms with Crippen molar-refractivity contribution in [3.8, 4) is 0 Å². The molecule has 3 nitrogen and oxygen atoms in total. The molecule has 1 N–H and O–H groups in total. The third-order valence-corrected chi connectivity index (χ3v) is 4.42. The molecule has 17 heavy (non-hydrogen) atoms. The summed E-state index contributed by atoms with van der Waals surface area (Å²) in [6, 6.07) is 0.598. The molecule has 1 aliphatic rings. The Bertz CT molecular complexity index is 331. The Balaban J connectivity index is 1.62. The van der Waals surface area contributed by atoms with Gasteiger partial charge in [-0.05, 0) is 46.2 Å². The van der Waals surface area contributed by atoms with Gasteiger partial charge in [-0.3, -0.25) is 0 Å². The molecule has 96 valence electrons. The highest BCUT2D eigenvalue weighted by Crippen LogP contribution is 2.12. The number of rotatable bonds is 6. The van der Waals surface area contributed by atoms with Gasteiger partial charge in [0.1, 0.15) is 0 Å². The molecular weight excluding hydrogens is 230 g/mol. The maximum atomic E-state index is 4.28. The standard InChI is InChI=1S/C13H23N3S/c1-11(9-16-7-3-4-8-16)14-6-5-13-12(2)15-10-17-13/h10-11,14H,3-9H2,1-2H3. The average Bonchev–Trinajstić information content (AvgIpc) is 2.91. The zero-order chi connectivity index (χ0) is 12.1. The van der Waals surface area contributed by atoms with Gasteiger partial charge in [0.15, 0.2) is 0 Å². The number of likely N-dealkylation sites (tertiary alicyclic amines) is 1. The molecule has 1 fully saturated rings. The summed E-state index contributed by atoms with van der Waals surface area (Å²) in [6.45, 7) is 9.23. The largest absolute Gasteiger partial charge is 0.313 e. The number of hydrogen-bond acceptors (Lipinski definition) is 4. The smallest absolute Gasteiger partial charge is 0.0797 e. The predicted octanol–water partition coefficient (Wildman–Crippen LogP) is 2.07. The van der Waals surface area contributed by atoms with Gasteiger partial charge < -0.3 is 10.2 Å². The van der Waals surface area contributed by atoms with Gasteiger partial charge in [-0.1, -0.05) is 0 Å². The molecule has 1 saturated heterocycles. The highest BCUT2D eigenvalue weighted by atomic mass is 32.1. The normalized spacial score (nSPS) is 18.7. The van der Waals surface area contributed by atoms with Crippen molar-refractivity contribution in [2.45, 2.75) is 39.2 Å². The van der Waals surface area contributed by atoms with Gasteiger partial charge in [-0.25, -0.2) is 4.98 Å². The minimum Gasteiger partial charge on any atom is -0.313 e. The Morgan fingerprint density at radius 1 is 1.47 bits per heavy atom. The fraction of sp³-hybridized carbons (Fsp3) is 0.769. The molecule has 2 rings (SSSR count). The zero-order valence-corrected chi connectivity index (χ0v) is 11.7. The monoisotopic (exact) mass is 253 g/mol. The van der Waals surface area contributed by atoms with Crippen LogP contribution >= 0.6 is 11.3 Å².